The van der Waals surface area contributed by atoms with E-state index in [9.17, 15) is 4.79 Å². The summed E-state index contributed by atoms with van der Waals surface area (Å²) in [5.74, 6) is 1.10. The van der Waals surface area contributed by atoms with Crippen LogP contribution in [0.25, 0.3) is 10.4 Å². The summed E-state index contributed by atoms with van der Waals surface area (Å²) in [5, 5.41) is 3.40. The van der Waals surface area contributed by atoms with Gasteiger partial charge in [-0.1, -0.05) is 12.1 Å². The van der Waals surface area contributed by atoms with E-state index in [-0.39, 0.29) is 5.91 Å². The van der Waals surface area contributed by atoms with Crippen LogP contribution < -0.4 is 10.1 Å². The van der Waals surface area contributed by atoms with Gasteiger partial charge in [-0.2, -0.15) is 0 Å². The van der Waals surface area contributed by atoms with Crippen molar-refractivity contribution in [2.24, 2.45) is 0 Å². The molecule has 1 aromatic carbocycles. The van der Waals surface area contributed by atoms with Crippen molar-refractivity contribution in [1.82, 2.24) is 15.1 Å². The Balaban J connectivity index is 1.34. The summed E-state index contributed by atoms with van der Waals surface area (Å²) in [6.07, 6.45) is 1.09. The average molecular weight is 369 g/mol. The largest absolute Gasteiger partial charge is 0.488 e. The number of para-hydroxylation sites is 1. The Bertz CT molecular complexity index is 828. The van der Waals surface area contributed by atoms with Crippen molar-refractivity contribution < 1.29 is 9.53 Å². The molecule has 6 heteroatoms. The van der Waals surface area contributed by atoms with E-state index in [4.69, 9.17) is 4.74 Å². The molecule has 0 saturated carbocycles. The lowest BCUT2D eigenvalue weighted by molar-refractivity contribution is 0.0778. The fourth-order valence-corrected chi connectivity index (χ4v) is 5.40. The topological polar surface area (TPSA) is 44.8 Å². The van der Waals surface area contributed by atoms with Crippen LogP contribution in [0.3, 0.4) is 0 Å². The number of rotatable bonds is 2. The van der Waals surface area contributed by atoms with Crippen LogP contribution >= 0.6 is 11.3 Å². The Morgan fingerprint density at radius 3 is 2.92 bits per heavy atom. The fraction of sp³-hybridized carbons (Fsp3) is 0.450. The van der Waals surface area contributed by atoms with Crippen molar-refractivity contribution in [3.05, 3.63) is 40.8 Å². The van der Waals surface area contributed by atoms with Crippen molar-refractivity contribution >= 4 is 17.2 Å². The van der Waals surface area contributed by atoms with E-state index < -0.39 is 0 Å². The van der Waals surface area contributed by atoms with Crippen LogP contribution in [0.15, 0.2) is 30.3 Å². The van der Waals surface area contributed by atoms with Gasteiger partial charge in [0.2, 0.25) is 0 Å². The van der Waals surface area contributed by atoms with Crippen LogP contribution in [-0.4, -0.2) is 61.0 Å². The molecular weight excluding hydrogens is 346 g/mol. The zero-order valence-electron chi connectivity index (χ0n) is 14.7. The molecule has 1 unspecified atom stereocenters. The number of benzene rings is 1. The molecular formula is C20H23N3O2S. The molecule has 3 aliphatic heterocycles. The molecule has 0 radical (unpaired) electrons. The van der Waals surface area contributed by atoms with Crippen LogP contribution in [-0.2, 0) is 6.61 Å². The molecule has 0 bridgehead atoms. The molecule has 1 amide bonds. The molecule has 5 rings (SSSR count). The Morgan fingerprint density at radius 2 is 2.04 bits per heavy atom. The predicted octanol–water partition coefficient (Wildman–Crippen LogP) is 2.43. The standard InChI is InChI=1S/C20H23N3O2S/c24-20(23-8-5-15(12-23)22-9-6-21-7-10-22)18-11-14-13-25-17-4-2-1-3-16(17)19(14)26-18/h1-4,11,15,21H,5-10,12-13H2. The van der Waals surface area contributed by atoms with Crippen molar-refractivity contribution in [1.29, 1.82) is 0 Å². The second kappa shape index (κ2) is 6.68. The first-order chi connectivity index (χ1) is 12.8. The van der Waals surface area contributed by atoms with Crippen molar-refractivity contribution in [3.8, 4) is 16.2 Å². The Hall–Kier alpha value is -1.89. The molecule has 1 aromatic heterocycles. The molecule has 1 atom stereocenters. The van der Waals surface area contributed by atoms with Crippen LogP contribution in [0.5, 0.6) is 5.75 Å². The van der Waals surface area contributed by atoms with E-state index in [1.807, 2.05) is 29.2 Å². The van der Waals surface area contributed by atoms with Gasteiger partial charge in [-0.15, -0.1) is 11.3 Å². The average Bonchev–Trinajstić information content (AvgIpc) is 3.35. The molecule has 136 valence electrons. The van der Waals surface area contributed by atoms with Crippen molar-refractivity contribution in [2.75, 3.05) is 39.3 Å². The van der Waals surface area contributed by atoms with Crippen LogP contribution in [0, 0.1) is 0 Å². The molecule has 5 nitrogen and oxygen atoms in total. The number of ether oxygens (including phenoxy) is 1. The zero-order chi connectivity index (χ0) is 17.5. The molecule has 0 aliphatic carbocycles. The van der Waals surface area contributed by atoms with E-state index in [1.165, 1.54) is 4.88 Å². The fourth-order valence-electron chi connectivity index (χ4n) is 4.23. The number of nitrogens with zero attached hydrogens (tertiary/aromatic N) is 2. The molecule has 1 N–H and O–H groups in total. The van der Waals surface area contributed by atoms with Crippen LogP contribution in [0.1, 0.15) is 21.7 Å². The number of piperazine rings is 1. The van der Waals surface area contributed by atoms with Gasteiger partial charge >= 0.3 is 0 Å². The lowest BCUT2D eigenvalue weighted by atomic mass is 10.1. The van der Waals surface area contributed by atoms with Gasteiger partial charge in [-0.25, -0.2) is 0 Å². The predicted molar refractivity (Wildman–Crippen MR) is 103 cm³/mol. The number of hydrogen-bond donors (Lipinski definition) is 1. The molecule has 3 aliphatic rings. The Labute approximate surface area is 157 Å². The molecule has 2 fully saturated rings. The van der Waals surface area contributed by atoms with Crippen LogP contribution in [0.2, 0.25) is 0 Å². The number of likely N-dealkylation sites (tertiary alicyclic amines) is 1. The first-order valence-corrected chi connectivity index (χ1v) is 10.2. The van der Waals surface area contributed by atoms with Gasteiger partial charge in [0.15, 0.2) is 0 Å². The summed E-state index contributed by atoms with van der Waals surface area (Å²) in [4.78, 5) is 19.7. The van der Waals surface area contributed by atoms with Gasteiger partial charge < -0.3 is 15.0 Å². The summed E-state index contributed by atoms with van der Waals surface area (Å²) in [6.45, 7) is 6.57. The molecule has 2 saturated heterocycles. The van der Waals surface area contributed by atoms with E-state index >= 15 is 0 Å². The molecule has 2 aromatic rings. The zero-order valence-corrected chi connectivity index (χ0v) is 15.6. The summed E-state index contributed by atoms with van der Waals surface area (Å²) >= 11 is 1.61. The maximum Gasteiger partial charge on any atom is 0.264 e. The highest BCUT2D eigenvalue weighted by atomic mass is 32.1. The first-order valence-electron chi connectivity index (χ1n) is 9.38. The maximum absolute atomic E-state index is 13.1. The third-order valence-corrected chi connectivity index (χ3v) is 6.85. The number of amides is 1. The van der Waals surface area contributed by atoms with Gasteiger partial charge in [-0.3, -0.25) is 9.69 Å². The minimum absolute atomic E-state index is 0.180. The van der Waals surface area contributed by atoms with Gasteiger partial charge in [0, 0.05) is 61.3 Å². The lowest BCUT2D eigenvalue weighted by Gasteiger charge is -2.32. The first kappa shape index (κ1) is 16.3. The van der Waals surface area contributed by atoms with E-state index in [1.54, 1.807) is 11.3 Å². The van der Waals surface area contributed by atoms with Gasteiger partial charge in [0.25, 0.3) is 5.91 Å². The highest BCUT2D eigenvalue weighted by Crippen LogP contribution is 2.42. The van der Waals surface area contributed by atoms with Gasteiger partial charge in [0.05, 0.1) is 4.88 Å². The Morgan fingerprint density at radius 1 is 1.19 bits per heavy atom. The number of carbonyl (C=O) groups excluding carboxylic acids is 1. The third kappa shape index (κ3) is 2.82. The number of carbonyl (C=O) groups is 1. The summed E-state index contributed by atoms with van der Waals surface area (Å²) in [7, 11) is 0. The quantitative estimate of drug-likeness (QED) is 0.883. The second-order valence-corrected chi connectivity index (χ2v) is 8.28. The van der Waals surface area contributed by atoms with E-state index in [2.05, 4.69) is 16.3 Å². The number of fused-ring (bicyclic) bond motifs is 3. The third-order valence-electron chi connectivity index (χ3n) is 5.65. The number of hydrogen-bond acceptors (Lipinski definition) is 5. The SMILES string of the molecule is O=C(c1cc2c(s1)-c1ccccc1OC2)N1CCC(N2CCNCC2)C1. The molecule has 0 spiro atoms. The smallest absolute Gasteiger partial charge is 0.264 e. The summed E-state index contributed by atoms with van der Waals surface area (Å²) in [5.41, 5.74) is 2.24. The lowest BCUT2D eigenvalue weighted by Crippen LogP contribution is -2.49. The molecule has 4 heterocycles. The van der Waals surface area contributed by atoms with Crippen molar-refractivity contribution in [3.63, 3.8) is 0 Å². The normalized spacial score (nSPS) is 22.6. The summed E-state index contributed by atoms with van der Waals surface area (Å²) < 4.78 is 5.83. The van der Waals surface area contributed by atoms with E-state index in [0.717, 1.165) is 67.4 Å². The minimum Gasteiger partial charge on any atom is -0.488 e. The highest BCUT2D eigenvalue weighted by Gasteiger charge is 2.32. The number of nitrogens with one attached hydrogen (secondary N) is 1. The highest BCUT2D eigenvalue weighted by molar-refractivity contribution is 7.17. The van der Waals surface area contributed by atoms with Crippen molar-refractivity contribution in [2.45, 2.75) is 19.1 Å². The minimum atomic E-state index is 0.180. The maximum atomic E-state index is 13.1. The number of thiophene rings is 1. The van der Waals surface area contributed by atoms with Gasteiger partial charge in [-0.05, 0) is 24.6 Å². The second-order valence-electron chi connectivity index (χ2n) is 7.23. The van der Waals surface area contributed by atoms with Crippen LogP contribution in [0.4, 0.5) is 0 Å². The Kier molecular flexibility index (Phi) is 4.19. The van der Waals surface area contributed by atoms with E-state index in [0.29, 0.717) is 12.6 Å². The monoisotopic (exact) mass is 369 g/mol. The van der Waals surface area contributed by atoms with Gasteiger partial charge in [0.1, 0.15) is 12.4 Å². The summed E-state index contributed by atoms with van der Waals surface area (Å²) in [6, 6.07) is 10.6. The molecule has 26 heavy (non-hydrogen) atoms.